The zero-order valence-electron chi connectivity index (χ0n) is 18.6. The van der Waals surface area contributed by atoms with Crippen LogP contribution in [0.15, 0.2) is 58.3 Å². The summed E-state index contributed by atoms with van der Waals surface area (Å²) < 4.78 is 13.9. The Hall–Kier alpha value is -2.09. The van der Waals surface area contributed by atoms with Crippen LogP contribution in [0.25, 0.3) is 0 Å². The molecule has 2 saturated heterocycles. The second-order valence-corrected chi connectivity index (χ2v) is 9.86. The van der Waals surface area contributed by atoms with Crippen LogP contribution in [0.4, 0.5) is 0 Å². The summed E-state index contributed by atoms with van der Waals surface area (Å²) in [4.78, 5) is 2.48. The molecular formula is C25H32N4O2S. The van der Waals surface area contributed by atoms with E-state index in [9.17, 15) is 0 Å². The van der Waals surface area contributed by atoms with Crippen molar-refractivity contribution in [3.8, 4) is 0 Å². The Morgan fingerprint density at radius 1 is 1.00 bits per heavy atom. The minimum Gasteiger partial charge on any atom is -0.468 e. The van der Waals surface area contributed by atoms with E-state index in [1.54, 1.807) is 6.26 Å². The lowest BCUT2D eigenvalue weighted by Crippen LogP contribution is -2.33. The molecule has 2 fully saturated rings. The number of thioether (sulfide) groups is 1. The topological polar surface area (TPSA) is 56.3 Å². The molecule has 6 nitrogen and oxygen atoms in total. The highest BCUT2D eigenvalue weighted by Gasteiger charge is 2.28. The van der Waals surface area contributed by atoms with E-state index < -0.39 is 0 Å². The number of aromatic nitrogens is 3. The maximum Gasteiger partial charge on any atom is 0.191 e. The quantitative estimate of drug-likeness (QED) is 0.436. The zero-order chi connectivity index (χ0) is 21.6. The number of benzene rings is 1. The van der Waals surface area contributed by atoms with Crippen molar-refractivity contribution in [2.75, 3.05) is 25.4 Å². The lowest BCUT2D eigenvalue weighted by molar-refractivity contribution is 0.0931. The number of furan rings is 1. The Morgan fingerprint density at radius 3 is 2.62 bits per heavy atom. The van der Waals surface area contributed by atoms with Crippen molar-refractivity contribution in [1.29, 1.82) is 0 Å². The van der Waals surface area contributed by atoms with Gasteiger partial charge in [0.1, 0.15) is 11.6 Å². The highest BCUT2D eigenvalue weighted by Crippen LogP contribution is 2.31. The Labute approximate surface area is 194 Å². The van der Waals surface area contributed by atoms with E-state index >= 15 is 0 Å². The van der Waals surface area contributed by atoms with E-state index in [1.807, 2.05) is 17.8 Å². The van der Waals surface area contributed by atoms with Gasteiger partial charge in [0.2, 0.25) is 0 Å². The molecule has 2 aliphatic rings. The van der Waals surface area contributed by atoms with Gasteiger partial charge < -0.3 is 13.7 Å². The molecule has 0 amide bonds. The Balaban J connectivity index is 1.24. The van der Waals surface area contributed by atoms with Crippen molar-refractivity contribution in [2.45, 2.75) is 62.4 Å². The van der Waals surface area contributed by atoms with E-state index in [2.05, 4.69) is 51.0 Å². The molecule has 5 rings (SSSR count). The predicted molar refractivity (Wildman–Crippen MR) is 126 cm³/mol. The van der Waals surface area contributed by atoms with Crippen LogP contribution in [0.1, 0.15) is 48.7 Å². The van der Waals surface area contributed by atoms with Gasteiger partial charge in [-0.15, -0.1) is 10.2 Å². The number of piperidine rings is 1. The first-order valence-corrected chi connectivity index (χ1v) is 12.8. The number of hydrogen-bond donors (Lipinski definition) is 0. The highest BCUT2D eigenvalue weighted by molar-refractivity contribution is 7.99. The highest BCUT2D eigenvalue weighted by atomic mass is 32.2. The number of likely N-dealkylation sites (tertiary alicyclic amines) is 1. The number of ether oxygens (including phenoxy) is 1. The fourth-order valence-corrected chi connectivity index (χ4v) is 5.69. The van der Waals surface area contributed by atoms with Gasteiger partial charge in [-0.2, -0.15) is 0 Å². The third-order valence-electron chi connectivity index (χ3n) is 6.53. The summed E-state index contributed by atoms with van der Waals surface area (Å²) in [5.74, 6) is 3.66. The van der Waals surface area contributed by atoms with Crippen molar-refractivity contribution < 1.29 is 9.15 Å². The molecule has 4 heterocycles. The number of rotatable bonds is 9. The number of aryl methyl sites for hydroxylation is 1. The first-order valence-electron chi connectivity index (χ1n) is 11.8. The van der Waals surface area contributed by atoms with Crippen LogP contribution < -0.4 is 0 Å². The Bertz CT molecular complexity index is 946. The van der Waals surface area contributed by atoms with Gasteiger partial charge in [-0.1, -0.05) is 42.1 Å². The van der Waals surface area contributed by atoms with E-state index in [1.165, 1.54) is 5.56 Å². The molecule has 2 aliphatic heterocycles. The first-order chi connectivity index (χ1) is 15.8. The molecule has 0 bridgehead atoms. The summed E-state index contributed by atoms with van der Waals surface area (Å²) in [6.07, 6.45) is 7.60. The van der Waals surface area contributed by atoms with Crippen LogP contribution in [0.3, 0.4) is 0 Å². The molecule has 0 spiro atoms. The molecule has 0 saturated carbocycles. The number of hydrogen-bond acceptors (Lipinski definition) is 6. The van der Waals surface area contributed by atoms with Gasteiger partial charge in [0.15, 0.2) is 5.16 Å². The molecule has 170 valence electrons. The Morgan fingerprint density at radius 2 is 1.88 bits per heavy atom. The SMILES string of the molecule is c1ccc(CCSc2nnc(C3CCN(Cc4ccco4)CC3)n2CC2CCCO2)cc1. The summed E-state index contributed by atoms with van der Waals surface area (Å²) in [6.45, 7) is 4.78. The van der Waals surface area contributed by atoms with E-state index in [0.29, 0.717) is 5.92 Å². The second kappa shape index (κ2) is 10.7. The van der Waals surface area contributed by atoms with Crippen LogP contribution >= 0.6 is 11.8 Å². The predicted octanol–water partition coefficient (Wildman–Crippen LogP) is 4.76. The van der Waals surface area contributed by atoms with Gasteiger partial charge in [0.05, 0.1) is 25.5 Å². The van der Waals surface area contributed by atoms with Crippen molar-refractivity contribution in [1.82, 2.24) is 19.7 Å². The fraction of sp³-hybridized carbons (Fsp3) is 0.520. The average molecular weight is 453 g/mol. The fourth-order valence-electron chi connectivity index (χ4n) is 4.75. The molecule has 0 aliphatic carbocycles. The largest absolute Gasteiger partial charge is 0.468 e. The van der Waals surface area contributed by atoms with Crippen molar-refractivity contribution in [3.63, 3.8) is 0 Å². The summed E-state index contributed by atoms with van der Waals surface area (Å²) in [5.41, 5.74) is 1.37. The van der Waals surface area contributed by atoms with Crippen LogP contribution in [0, 0.1) is 0 Å². The lowest BCUT2D eigenvalue weighted by atomic mass is 9.95. The van der Waals surface area contributed by atoms with Gasteiger partial charge in [-0.25, -0.2) is 0 Å². The minimum absolute atomic E-state index is 0.289. The van der Waals surface area contributed by atoms with E-state index in [0.717, 1.165) is 87.4 Å². The summed E-state index contributed by atoms with van der Waals surface area (Å²) in [5, 5.41) is 10.4. The summed E-state index contributed by atoms with van der Waals surface area (Å²) in [7, 11) is 0. The van der Waals surface area contributed by atoms with Gasteiger partial charge in [-0.3, -0.25) is 4.90 Å². The first kappa shape index (κ1) is 21.7. The lowest BCUT2D eigenvalue weighted by Gasteiger charge is -2.31. The van der Waals surface area contributed by atoms with E-state index in [-0.39, 0.29) is 6.10 Å². The summed E-state index contributed by atoms with van der Waals surface area (Å²) >= 11 is 1.82. The van der Waals surface area contributed by atoms with Crippen LogP contribution in [0.5, 0.6) is 0 Å². The molecule has 1 aromatic carbocycles. The molecule has 3 aromatic rings. The molecule has 1 unspecified atom stereocenters. The molecule has 0 N–H and O–H groups in total. The third-order valence-corrected chi connectivity index (χ3v) is 7.50. The molecule has 1 atom stereocenters. The van der Waals surface area contributed by atoms with Gasteiger partial charge in [0.25, 0.3) is 0 Å². The normalized spacial score (nSPS) is 20.2. The average Bonchev–Trinajstić information content (AvgIpc) is 3.59. The Kier molecular flexibility index (Phi) is 7.26. The zero-order valence-corrected chi connectivity index (χ0v) is 19.4. The van der Waals surface area contributed by atoms with Gasteiger partial charge in [0, 0.05) is 18.3 Å². The summed E-state index contributed by atoms with van der Waals surface area (Å²) in [6, 6.07) is 14.7. The minimum atomic E-state index is 0.289. The van der Waals surface area contributed by atoms with Gasteiger partial charge >= 0.3 is 0 Å². The monoisotopic (exact) mass is 452 g/mol. The van der Waals surface area contributed by atoms with Crippen molar-refractivity contribution in [3.05, 3.63) is 65.9 Å². The van der Waals surface area contributed by atoms with Crippen molar-refractivity contribution in [2.24, 2.45) is 0 Å². The third kappa shape index (κ3) is 5.45. The van der Waals surface area contributed by atoms with E-state index in [4.69, 9.17) is 14.3 Å². The molecule has 32 heavy (non-hydrogen) atoms. The smallest absolute Gasteiger partial charge is 0.191 e. The van der Waals surface area contributed by atoms with Gasteiger partial charge in [-0.05, 0) is 62.9 Å². The van der Waals surface area contributed by atoms with Crippen LogP contribution in [-0.2, 0) is 24.2 Å². The molecular weight excluding hydrogens is 420 g/mol. The molecule has 0 radical (unpaired) electrons. The van der Waals surface area contributed by atoms with Crippen LogP contribution in [0.2, 0.25) is 0 Å². The standard InChI is InChI=1S/C25H32N4O2S/c1-2-6-20(7-3-1)12-17-32-25-27-26-24(29(25)19-23-9-5-16-31-23)21-10-13-28(14-11-21)18-22-8-4-15-30-22/h1-4,6-8,15,21,23H,5,9-14,16-19H2. The van der Waals surface area contributed by atoms with Crippen molar-refractivity contribution >= 4 is 11.8 Å². The maximum absolute atomic E-state index is 5.97. The number of nitrogens with zero attached hydrogens (tertiary/aromatic N) is 4. The maximum atomic E-state index is 5.97. The second-order valence-electron chi connectivity index (χ2n) is 8.80. The molecule has 2 aromatic heterocycles. The molecule has 7 heteroatoms. The van der Waals surface area contributed by atoms with Crippen LogP contribution in [-0.4, -0.2) is 51.2 Å².